The van der Waals surface area contributed by atoms with Crippen LogP contribution >= 0.6 is 11.6 Å². The molecular formula is C15H17ClN6O2. The van der Waals surface area contributed by atoms with Crippen LogP contribution in [0.25, 0.3) is 0 Å². The number of rotatable bonds is 4. The van der Waals surface area contributed by atoms with Crippen LogP contribution in [-0.4, -0.2) is 33.0 Å². The van der Waals surface area contributed by atoms with Crippen LogP contribution in [0.2, 0.25) is 5.15 Å². The summed E-state index contributed by atoms with van der Waals surface area (Å²) in [5.74, 6) is 0.462. The quantitative estimate of drug-likeness (QED) is 0.512. The Labute approximate surface area is 144 Å². The van der Waals surface area contributed by atoms with E-state index in [1.54, 1.807) is 18.3 Å². The molecule has 0 amide bonds. The molecule has 0 spiro atoms. The van der Waals surface area contributed by atoms with Gasteiger partial charge in [0.05, 0.1) is 10.6 Å². The van der Waals surface area contributed by atoms with E-state index in [1.807, 2.05) is 4.90 Å². The normalized spacial score (nSPS) is 15.0. The molecule has 0 aromatic carbocycles. The molecule has 2 aromatic heterocycles. The van der Waals surface area contributed by atoms with E-state index in [4.69, 9.17) is 11.6 Å². The van der Waals surface area contributed by atoms with E-state index in [2.05, 4.69) is 20.3 Å². The highest BCUT2D eigenvalue weighted by atomic mass is 35.5. The van der Waals surface area contributed by atoms with Crippen LogP contribution in [0, 0.1) is 10.1 Å². The minimum absolute atomic E-state index is 0.115. The number of halogens is 1. The van der Waals surface area contributed by atoms with Gasteiger partial charge in [-0.25, -0.2) is 15.0 Å². The number of hydrogen-bond acceptors (Lipinski definition) is 7. The molecular weight excluding hydrogens is 332 g/mol. The first-order valence-electron chi connectivity index (χ1n) is 7.78. The van der Waals surface area contributed by atoms with Crippen LogP contribution in [-0.2, 0) is 0 Å². The lowest BCUT2D eigenvalue weighted by atomic mass is 10.2. The molecule has 0 atom stereocenters. The van der Waals surface area contributed by atoms with Gasteiger partial charge in [-0.15, -0.1) is 0 Å². The van der Waals surface area contributed by atoms with Crippen LogP contribution in [0.15, 0.2) is 24.7 Å². The summed E-state index contributed by atoms with van der Waals surface area (Å²) in [6.07, 6.45) is 7.14. The molecule has 9 heteroatoms. The van der Waals surface area contributed by atoms with Crippen molar-refractivity contribution in [3.8, 4) is 0 Å². The summed E-state index contributed by atoms with van der Waals surface area (Å²) in [6.45, 7) is 1.51. The third-order valence-corrected chi connectivity index (χ3v) is 4.20. The predicted molar refractivity (Wildman–Crippen MR) is 91.9 cm³/mol. The lowest BCUT2D eigenvalue weighted by Gasteiger charge is -2.21. The van der Waals surface area contributed by atoms with Crippen LogP contribution in [0.1, 0.15) is 25.7 Å². The van der Waals surface area contributed by atoms with E-state index in [-0.39, 0.29) is 16.7 Å². The molecule has 126 valence electrons. The van der Waals surface area contributed by atoms with Crippen molar-refractivity contribution in [1.82, 2.24) is 15.0 Å². The van der Waals surface area contributed by atoms with Gasteiger partial charge in [-0.3, -0.25) is 10.1 Å². The van der Waals surface area contributed by atoms with Gasteiger partial charge < -0.3 is 10.2 Å². The van der Waals surface area contributed by atoms with Crippen molar-refractivity contribution < 1.29 is 4.92 Å². The second-order valence-corrected chi connectivity index (χ2v) is 5.88. The topological polar surface area (TPSA) is 97.1 Å². The van der Waals surface area contributed by atoms with Crippen molar-refractivity contribution in [3.63, 3.8) is 0 Å². The van der Waals surface area contributed by atoms with Gasteiger partial charge in [0.1, 0.15) is 6.33 Å². The van der Waals surface area contributed by atoms with Crippen LogP contribution in [0.3, 0.4) is 0 Å². The number of pyridine rings is 1. The molecule has 1 saturated heterocycles. The molecule has 1 N–H and O–H groups in total. The van der Waals surface area contributed by atoms with Crippen molar-refractivity contribution in [2.45, 2.75) is 25.7 Å². The first-order valence-corrected chi connectivity index (χ1v) is 8.16. The number of hydrogen-bond donors (Lipinski definition) is 1. The molecule has 1 aliphatic rings. The highest BCUT2D eigenvalue weighted by Crippen LogP contribution is 2.35. The summed E-state index contributed by atoms with van der Waals surface area (Å²) in [5, 5.41) is 14.8. The maximum atomic E-state index is 11.7. The average molecular weight is 349 g/mol. The Morgan fingerprint density at radius 1 is 1.17 bits per heavy atom. The molecule has 0 radical (unpaired) electrons. The van der Waals surface area contributed by atoms with Crippen LogP contribution in [0.4, 0.5) is 23.0 Å². The Morgan fingerprint density at radius 3 is 2.58 bits per heavy atom. The van der Waals surface area contributed by atoms with Crippen molar-refractivity contribution in [1.29, 1.82) is 0 Å². The van der Waals surface area contributed by atoms with E-state index in [9.17, 15) is 10.1 Å². The second kappa shape index (κ2) is 7.39. The molecule has 0 aliphatic carbocycles. The van der Waals surface area contributed by atoms with Gasteiger partial charge in [0.25, 0.3) is 0 Å². The van der Waals surface area contributed by atoms with E-state index < -0.39 is 4.92 Å². The molecule has 3 rings (SSSR count). The molecule has 0 unspecified atom stereocenters. The zero-order valence-electron chi connectivity index (χ0n) is 13.0. The largest absolute Gasteiger partial charge is 0.353 e. The van der Waals surface area contributed by atoms with Gasteiger partial charge in [-0.2, -0.15) is 0 Å². The Kier molecular flexibility index (Phi) is 5.05. The highest BCUT2D eigenvalue weighted by molar-refractivity contribution is 6.32. The summed E-state index contributed by atoms with van der Waals surface area (Å²) in [4.78, 5) is 25.3. The smallest absolute Gasteiger partial charge is 0.351 e. The number of aromatic nitrogens is 3. The lowest BCUT2D eigenvalue weighted by Crippen LogP contribution is -2.26. The number of anilines is 3. The number of nitrogens with zero attached hydrogens (tertiary/aromatic N) is 5. The minimum atomic E-state index is -0.452. The first kappa shape index (κ1) is 16.4. The fraction of sp³-hybridized carbons (Fsp3) is 0.400. The molecule has 1 aliphatic heterocycles. The van der Waals surface area contributed by atoms with Gasteiger partial charge in [0.2, 0.25) is 11.6 Å². The fourth-order valence-electron chi connectivity index (χ4n) is 2.75. The molecule has 0 bridgehead atoms. The maximum absolute atomic E-state index is 11.7. The number of nitro groups is 1. The predicted octanol–water partition coefficient (Wildman–Crippen LogP) is 3.56. The number of nitrogens with one attached hydrogen (secondary N) is 1. The van der Waals surface area contributed by atoms with Gasteiger partial charge >= 0.3 is 5.69 Å². The van der Waals surface area contributed by atoms with Gasteiger partial charge in [0.15, 0.2) is 5.15 Å². The minimum Gasteiger partial charge on any atom is -0.351 e. The zero-order chi connectivity index (χ0) is 16.9. The molecule has 8 nitrogen and oxygen atoms in total. The van der Waals surface area contributed by atoms with Crippen molar-refractivity contribution in [2.24, 2.45) is 0 Å². The summed E-state index contributed by atoms with van der Waals surface area (Å²) in [7, 11) is 0. The van der Waals surface area contributed by atoms with Crippen molar-refractivity contribution >= 4 is 34.6 Å². The average Bonchev–Trinajstić information content (AvgIpc) is 2.86. The van der Waals surface area contributed by atoms with Gasteiger partial charge in [0, 0.05) is 19.3 Å². The zero-order valence-corrected chi connectivity index (χ0v) is 13.7. The lowest BCUT2D eigenvalue weighted by molar-refractivity contribution is -0.383. The first-order chi connectivity index (χ1) is 11.7. The summed E-state index contributed by atoms with van der Waals surface area (Å²) < 4.78 is 0. The Balaban J connectivity index is 1.99. The van der Waals surface area contributed by atoms with E-state index in [0.29, 0.717) is 11.5 Å². The van der Waals surface area contributed by atoms with E-state index >= 15 is 0 Å². The van der Waals surface area contributed by atoms with Crippen LogP contribution < -0.4 is 10.2 Å². The standard InChI is InChI=1S/C15H17ClN6O2/c16-13-11(6-5-7-17-13)20-14-12(22(23)24)15(19-10-18-14)21-8-3-1-2-4-9-21/h5-7,10H,1-4,8-9H2,(H,18,19,20). The molecule has 3 heterocycles. The summed E-state index contributed by atoms with van der Waals surface area (Å²) >= 11 is 6.02. The summed E-state index contributed by atoms with van der Waals surface area (Å²) in [6, 6.07) is 3.38. The van der Waals surface area contributed by atoms with Crippen molar-refractivity contribution in [3.05, 3.63) is 39.9 Å². The molecule has 0 saturated carbocycles. The second-order valence-electron chi connectivity index (χ2n) is 5.52. The van der Waals surface area contributed by atoms with Crippen LogP contribution in [0.5, 0.6) is 0 Å². The van der Waals surface area contributed by atoms with Gasteiger partial charge in [-0.1, -0.05) is 24.4 Å². The SMILES string of the molecule is O=[N+]([O-])c1c(Nc2cccnc2Cl)ncnc1N1CCCCCC1. The van der Waals surface area contributed by atoms with Crippen molar-refractivity contribution in [2.75, 3.05) is 23.3 Å². The monoisotopic (exact) mass is 348 g/mol. The summed E-state index contributed by atoms with van der Waals surface area (Å²) in [5.41, 5.74) is 0.321. The Bertz CT molecular complexity index is 734. The maximum Gasteiger partial charge on any atom is 0.353 e. The Hall–Kier alpha value is -2.48. The van der Waals surface area contributed by atoms with E-state index in [0.717, 1.165) is 38.8 Å². The molecule has 1 fully saturated rings. The highest BCUT2D eigenvalue weighted by Gasteiger charge is 2.27. The van der Waals surface area contributed by atoms with Gasteiger partial charge in [-0.05, 0) is 25.0 Å². The molecule has 24 heavy (non-hydrogen) atoms. The fourth-order valence-corrected chi connectivity index (χ4v) is 2.92. The van der Waals surface area contributed by atoms with E-state index in [1.165, 1.54) is 6.33 Å². The third kappa shape index (κ3) is 3.53. The third-order valence-electron chi connectivity index (χ3n) is 3.90. The Morgan fingerprint density at radius 2 is 1.92 bits per heavy atom. The molecule has 2 aromatic rings.